The Morgan fingerprint density at radius 1 is 1.24 bits per heavy atom. The van der Waals surface area contributed by atoms with Crippen LogP contribution in [0.4, 0.5) is 5.82 Å². The number of nitrogens with one attached hydrogen (secondary N) is 1. The van der Waals surface area contributed by atoms with Crippen molar-refractivity contribution in [1.29, 1.82) is 10.5 Å². The van der Waals surface area contributed by atoms with Gasteiger partial charge in [-0.05, 0) is 29.7 Å². The molecule has 0 radical (unpaired) electrons. The van der Waals surface area contributed by atoms with Crippen molar-refractivity contribution in [3.05, 3.63) is 71.0 Å². The summed E-state index contributed by atoms with van der Waals surface area (Å²) in [5.74, 6) is 0.651. The second kappa shape index (κ2) is 10.3. The summed E-state index contributed by atoms with van der Waals surface area (Å²) >= 11 is 1.36. The first-order chi connectivity index (χ1) is 16.5. The Morgan fingerprint density at radius 2 is 2.00 bits per heavy atom. The van der Waals surface area contributed by atoms with Gasteiger partial charge in [0.2, 0.25) is 0 Å². The molecule has 2 N–H and O–H groups in total. The maximum absolute atomic E-state index is 11.9. The van der Waals surface area contributed by atoms with Crippen LogP contribution in [0.25, 0.3) is 11.1 Å². The number of amides is 1. The van der Waals surface area contributed by atoms with Crippen LogP contribution in [0.15, 0.2) is 53.7 Å². The Morgan fingerprint density at radius 3 is 2.65 bits per heavy atom. The molecule has 3 aromatic rings. The Bertz CT molecular complexity index is 1300. The predicted molar refractivity (Wildman–Crippen MR) is 129 cm³/mol. The van der Waals surface area contributed by atoms with Crippen LogP contribution in [-0.4, -0.2) is 47.2 Å². The van der Waals surface area contributed by atoms with Crippen LogP contribution < -0.4 is 10.2 Å². The minimum absolute atomic E-state index is 0.276. The zero-order valence-corrected chi connectivity index (χ0v) is 19.3. The number of benzene rings is 1. The molecule has 3 heterocycles. The van der Waals surface area contributed by atoms with Crippen molar-refractivity contribution >= 4 is 23.5 Å². The highest BCUT2D eigenvalue weighted by atomic mass is 32.2. The number of aliphatic hydroxyl groups excluding tert-OH is 1. The number of pyridine rings is 2. The van der Waals surface area contributed by atoms with Crippen molar-refractivity contribution < 1.29 is 9.90 Å². The standard InChI is InChI=1S/C25H22N6O2S/c1-28-24(33)21-11-16(7-9-29-21)15-34-25-20(13-27)22(17-5-3-2-4-6-17)19(12-26)23(30-25)31-10-8-18(32)14-31/h2-7,9,11,18,32H,8,10,14-15H2,1H3,(H,28,33)/t18-/m0/s1. The molecule has 1 atom stereocenters. The van der Waals surface area contributed by atoms with Crippen molar-refractivity contribution in [1.82, 2.24) is 15.3 Å². The Balaban J connectivity index is 1.80. The summed E-state index contributed by atoms with van der Waals surface area (Å²) < 4.78 is 0. The van der Waals surface area contributed by atoms with Gasteiger partial charge in [0.1, 0.15) is 34.2 Å². The van der Waals surface area contributed by atoms with Gasteiger partial charge in [-0.25, -0.2) is 4.98 Å². The molecule has 0 aliphatic carbocycles. The molecule has 0 spiro atoms. The summed E-state index contributed by atoms with van der Waals surface area (Å²) in [7, 11) is 1.55. The van der Waals surface area contributed by atoms with Crippen molar-refractivity contribution in [2.45, 2.75) is 23.3 Å². The third-order valence-electron chi connectivity index (χ3n) is 5.55. The second-order valence-electron chi connectivity index (χ2n) is 7.76. The molecule has 1 amide bonds. The molecular formula is C25H22N6O2S. The molecule has 34 heavy (non-hydrogen) atoms. The number of carbonyl (C=O) groups is 1. The number of nitriles is 2. The van der Waals surface area contributed by atoms with Gasteiger partial charge in [-0.15, -0.1) is 11.8 Å². The number of aliphatic hydroxyl groups is 1. The summed E-state index contributed by atoms with van der Waals surface area (Å²) in [5.41, 5.74) is 3.12. The Labute approximate surface area is 201 Å². The number of hydrogen-bond donors (Lipinski definition) is 2. The average molecular weight is 471 g/mol. The summed E-state index contributed by atoms with van der Waals surface area (Å²) in [6.07, 6.45) is 1.68. The minimum atomic E-state index is -0.486. The van der Waals surface area contributed by atoms with E-state index in [2.05, 4.69) is 22.4 Å². The summed E-state index contributed by atoms with van der Waals surface area (Å²) in [6, 6.07) is 17.4. The minimum Gasteiger partial charge on any atom is -0.391 e. The van der Waals surface area contributed by atoms with E-state index >= 15 is 0 Å². The molecule has 0 saturated carbocycles. The van der Waals surface area contributed by atoms with Gasteiger partial charge >= 0.3 is 0 Å². The zero-order chi connectivity index (χ0) is 24.1. The fourth-order valence-electron chi connectivity index (χ4n) is 3.89. The number of rotatable bonds is 6. The third-order valence-corrected chi connectivity index (χ3v) is 6.60. The van der Waals surface area contributed by atoms with E-state index in [1.54, 1.807) is 19.3 Å². The first kappa shape index (κ1) is 23.2. The lowest BCUT2D eigenvalue weighted by molar-refractivity contribution is 0.0958. The van der Waals surface area contributed by atoms with Crippen molar-refractivity contribution in [3.8, 4) is 23.3 Å². The number of anilines is 1. The molecule has 1 fully saturated rings. The number of aromatic nitrogens is 2. The maximum atomic E-state index is 11.9. The number of thioether (sulfide) groups is 1. The fraction of sp³-hybridized carbons (Fsp3) is 0.240. The molecule has 1 aliphatic rings. The van der Waals surface area contributed by atoms with E-state index in [0.717, 1.165) is 11.1 Å². The van der Waals surface area contributed by atoms with Gasteiger partial charge < -0.3 is 15.3 Å². The normalized spacial score (nSPS) is 14.9. The number of hydrogen-bond acceptors (Lipinski definition) is 8. The van der Waals surface area contributed by atoms with E-state index in [1.807, 2.05) is 41.3 Å². The topological polar surface area (TPSA) is 126 Å². The van der Waals surface area contributed by atoms with E-state index in [4.69, 9.17) is 4.98 Å². The Hall–Kier alpha value is -3.92. The molecule has 1 saturated heterocycles. The van der Waals surface area contributed by atoms with Crippen LogP contribution in [0.3, 0.4) is 0 Å². The molecule has 170 valence electrons. The third kappa shape index (κ3) is 4.72. The fourth-order valence-corrected chi connectivity index (χ4v) is 4.82. The Kier molecular flexibility index (Phi) is 7.07. The molecule has 1 aromatic carbocycles. The summed E-state index contributed by atoms with van der Waals surface area (Å²) in [4.78, 5) is 22.7. The predicted octanol–water partition coefficient (Wildman–Crippen LogP) is 3.11. The highest BCUT2D eigenvalue weighted by Crippen LogP contribution is 2.39. The van der Waals surface area contributed by atoms with Crippen LogP contribution in [0.5, 0.6) is 0 Å². The molecular weight excluding hydrogens is 448 g/mol. The number of nitrogens with zero attached hydrogens (tertiary/aromatic N) is 5. The molecule has 0 bridgehead atoms. The summed E-state index contributed by atoms with van der Waals surface area (Å²) in [6.45, 7) is 0.957. The van der Waals surface area contributed by atoms with E-state index in [-0.39, 0.29) is 5.91 Å². The van der Waals surface area contributed by atoms with E-state index in [9.17, 15) is 20.4 Å². The van der Waals surface area contributed by atoms with Gasteiger partial charge in [-0.3, -0.25) is 9.78 Å². The van der Waals surface area contributed by atoms with Gasteiger partial charge in [0.25, 0.3) is 5.91 Å². The molecule has 2 aromatic heterocycles. The number of β-amino-alcohol motifs (C(OH)–C–C–N with tert-alkyl or cyclic N) is 1. The molecule has 1 aliphatic heterocycles. The van der Waals surface area contributed by atoms with Gasteiger partial charge in [0.05, 0.1) is 11.7 Å². The van der Waals surface area contributed by atoms with Crippen LogP contribution in [0, 0.1) is 22.7 Å². The highest BCUT2D eigenvalue weighted by molar-refractivity contribution is 7.98. The van der Waals surface area contributed by atoms with Crippen molar-refractivity contribution in [2.75, 3.05) is 25.0 Å². The first-order valence-electron chi connectivity index (χ1n) is 10.7. The number of carbonyl (C=O) groups excluding carboxylic acids is 1. The van der Waals surface area contributed by atoms with Crippen molar-refractivity contribution in [3.63, 3.8) is 0 Å². The quantitative estimate of drug-likeness (QED) is 0.526. The lowest BCUT2D eigenvalue weighted by atomic mass is 9.96. The molecule has 4 rings (SSSR count). The molecule has 8 nitrogen and oxygen atoms in total. The van der Waals surface area contributed by atoms with Crippen LogP contribution in [0.2, 0.25) is 0 Å². The lowest BCUT2D eigenvalue weighted by Gasteiger charge is -2.22. The van der Waals surface area contributed by atoms with Gasteiger partial charge in [-0.1, -0.05) is 30.3 Å². The smallest absolute Gasteiger partial charge is 0.269 e. The van der Waals surface area contributed by atoms with E-state index < -0.39 is 6.10 Å². The second-order valence-corrected chi connectivity index (χ2v) is 8.72. The molecule has 0 unspecified atom stereocenters. The van der Waals surface area contributed by atoms with Crippen LogP contribution in [0.1, 0.15) is 33.6 Å². The zero-order valence-electron chi connectivity index (χ0n) is 18.5. The highest BCUT2D eigenvalue weighted by Gasteiger charge is 2.28. The van der Waals surface area contributed by atoms with Gasteiger partial charge in [-0.2, -0.15) is 10.5 Å². The summed E-state index contributed by atoms with van der Waals surface area (Å²) in [5, 5.41) is 33.3. The van der Waals surface area contributed by atoms with E-state index in [0.29, 0.717) is 58.5 Å². The maximum Gasteiger partial charge on any atom is 0.269 e. The van der Waals surface area contributed by atoms with Crippen molar-refractivity contribution in [2.24, 2.45) is 0 Å². The monoisotopic (exact) mass is 470 g/mol. The van der Waals surface area contributed by atoms with Gasteiger partial charge in [0.15, 0.2) is 0 Å². The van der Waals surface area contributed by atoms with E-state index in [1.165, 1.54) is 11.8 Å². The van der Waals surface area contributed by atoms with Crippen LogP contribution >= 0.6 is 11.8 Å². The average Bonchev–Trinajstić information content (AvgIpc) is 3.32. The first-order valence-corrected chi connectivity index (χ1v) is 11.7. The van der Waals surface area contributed by atoms with Crippen LogP contribution in [-0.2, 0) is 5.75 Å². The SMILES string of the molecule is CNC(=O)c1cc(CSc2nc(N3CC[C@H](O)C3)c(C#N)c(-c3ccccc3)c2C#N)ccn1. The van der Waals surface area contributed by atoms with Gasteiger partial charge in [0, 0.05) is 37.7 Å². The lowest BCUT2D eigenvalue weighted by Crippen LogP contribution is -2.24. The largest absolute Gasteiger partial charge is 0.391 e. The molecule has 9 heteroatoms.